The number of rotatable bonds is 6. The van der Waals surface area contributed by atoms with E-state index in [-0.39, 0.29) is 0 Å². The van der Waals surface area contributed by atoms with Crippen LogP contribution in [0.4, 0.5) is 5.69 Å². The van der Waals surface area contributed by atoms with Crippen molar-refractivity contribution in [2.45, 2.75) is 44.8 Å². The van der Waals surface area contributed by atoms with Crippen molar-refractivity contribution in [3.05, 3.63) is 28.2 Å². The lowest BCUT2D eigenvalue weighted by Gasteiger charge is -2.27. The van der Waals surface area contributed by atoms with Crippen molar-refractivity contribution in [3.8, 4) is 0 Å². The molecule has 0 amide bonds. The molecule has 1 aliphatic carbocycles. The summed E-state index contributed by atoms with van der Waals surface area (Å²) in [4.78, 5) is 0. The molecule has 1 aliphatic rings. The normalized spacial score (nSPS) is 23.8. The molecule has 1 aromatic carbocycles. The smallest absolute Gasteiger partial charge is 0.0945 e. The lowest BCUT2D eigenvalue weighted by atomic mass is 9.89. The Kier molecular flexibility index (Phi) is 6.62. The summed E-state index contributed by atoms with van der Waals surface area (Å²) in [5, 5.41) is 14.1. The van der Waals surface area contributed by atoms with Gasteiger partial charge in [0.25, 0.3) is 0 Å². The Morgan fingerprint density at radius 3 is 2.62 bits per heavy atom. The Balaban J connectivity index is 1.67. The first-order valence-electron chi connectivity index (χ1n) is 7.53. The SMILES string of the molecule is CC1CCC(OCC(O)CNc2ccc(Cl)c(Cl)c2)CC1. The van der Waals surface area contributed by atoms with Gasteiger partial charge in [0.1, 0.15) is 0 Å². The Hall–Kier alpha value is -0.480. The van der Waals surface area contributed by atoms with Crippen LogP contribution in [-0.2, 0) is 4.74 Å². The average Bonchev–Trinajstić information content (AvgIpc) is 2.48. The largest absolute Gasteiger partial charge is 0.389 e. The van der Waals surface area contributed by atoms with E-state index in [1.807, 2.05) is 6.07 Å². The van der Waals surface area contributed by atoms with Crippen molar-refractivity contribution in [3.63, 3.8) is 0 Å². The van der Waals surface area contributed by atoms with Crippen LogP contribution in [0, 0.1) is 5.92 Å². The van der Waals surface area contributed by atoms with Gasteiger partial charge in [-0.1, -0.05) is 30.1 Å². The molecule has 118 valence electrons. The number of anilines is 1. The summed E-state index contributed by atoms with van der Waals surface area (Å²) in [5.74, 6) is 0.811. The lowest BCUT2D eigenvalue weighted by molar-refractivity contribution is -0.0245. The van der Waals surface area contributed by atoms with Crippen LogP contribution in [0.1, 0.15) is 32.6 Å². The summed E-state index contributed by atoms with van der Waals surface area (Å²) in [6, 6.07) is 5.32. The van der Waals surface area contributed by atoms with E-state index >= 15 is 0 Å². The van der Waals surface area contributed by atoms with Crippen LogP contribution in [0.2, 0.25) is 10.0 Å². The van der Waals surface area contributed by atoms with Gasteiger partial charge < -0.3 is 15.2 Å². The highest BCUT2D eigenvalue weighted by Gasteiger charge is 2.19. The van der Waals surface area contributed by atoms with Gasteiger partial charge in [-0.3, -0.25) is 0 Å². The standard InChI is InChI=1S/C16H23Cl2NO2/c1-11-2-5-14(6-3-11)21-10-13(20)9-19-12-4-7-15(17)16(18)8-12/h4,7-8,11,13-14,19-20H,2-3,5-6,9-10H2,1H3. The van der Waals surface area contributed by atoms with E-state index in [1.165, 1.54) is 12.8 Å². The quantitative estimate of drug-likeness (QED) is 0.813. The van der Waals surface area contributed by atoms with E-state index in [0.29, 0.717) is 29.3 Å². The molecule has 21 heavy (non-hydrogen) atoms. The summed E-state index contributed by atoms with van der Waals surface area (Å²) < 4.78 is 5.79. The number of benzene rings is 1. The van der Waals surface area contributed by atoms with Crippen LogP contribution in [-0.4, -0.2) is 30.5 Å². The van der Waals surface area contributed by atoms with Crippen molar-refractivity contribution < 1.29 is 9.84 Å². The maximum Gasteiger partial charge on any atom is 0.0945 e. The fourth-order valence-corrected chi connectivity index (χ4v) is 2.84. The second-order valence-electron chi connectivity index (χ2n) is 5.88. The van der Waals surface area contributed by atoms with Gasteiger partial charge in [-0.05, 0) is 49.8 Å². The number of nitrogens with one attached hydrogen (secondary N) is 1. The monoisotopic (exact) mass is 331 g/mol. The van der Waals surface area contributed by atoms with Gasteiger partial charge in [-0.15, -0.1) is 0 Å². The number of halogens is 2. The van der Waals surface area contributed by atoms with Crippen molar-refractivity contribution in [1.82, 2.24) is 0 Å². The third kappa shape index (κ3) is 5.67. The number of hydrogen-bond acceptors (Lipinski definition) is 3. The van der Waals surface area contributed by atoms with Gasteiger partial charge in [0.05, 0.1) is 28.9 Å². The highest BCUT2D eigenvalue weighted by atomic mass is 35.5. The van der Waals surface area contributed by atoms with Crippen LogP contribution < -0.4 is 5.32 Å². The zero-order valence-corrected chi connectivity index (χ0v) is 13.8. The molecule has 0 heterocycles. The lowest BCUT2D eigenvalue weighted by Crippen LogP contribution is -2.29. The maximum absolute atomic E-state index is 9.97. The van der Waals surface area contributed by atoms with Gasteiger partial charge in [0.15, 0.2) is 0 Å². The van der Waals surface area contributed by atoms with Gasteiger partial charge in [-0.25, -0.2) is 0 Å². The Morgan fingerprint density at radius 1 is 1.24 bits per heavy atom. The molecule has 2 N–H and O–H groups in total. The van der Waals surface area contributed by atoms with Crippen LogP contribution in [0.3, 0.4) is 0 Å². The van der Waals surface area contributed by atoms with Gasteiger partial charge in [-0.2, -0.15) is 0 Å². The number of ether oxygens (including phenoxy) is 1. The minimum absolute atomic E-state index is 0.306. The first-order valence-corrected chi connectivity index (χ1v) is 8.28. The van der Waals surface area contributed by atoms with Crippen LogP contribution in [0.15, 0.2) is 18.2 Å². The summed E-state index contributed by atoms with van der Waals surface area (Å²) in [6.07, 6.45) is 4.44. The molecule has 0 bridgehead atoms. The topological polar surface area (TPSA) is 41.5 Å². The first kappa shape index (κ1) is 16.9. The van der Waals surface area contributed by atoms with Crippen LogP contribution in [0.25, 0.3) is 0 Å². The van der Waals surface area contributed by atoms with Crippen molar-refractivity contribution in [2.75, 3.05) is 18.5 Å². The first-order chi connectivity index (χ1) is 10.0. The highest BCUT2D eigenvalue weighted by Crippen LogP contribution is 2.26. The zero-order valence-electron chi connectivity index (χ0n) is 12.3. The molecule has 1 saturated carbocycles. The second kappa shape index (κ2) is 8.23. The van der Waals surface area contributed by atoms with Crippen LogP contribution >= 0.6 is 23.2 Å². The van der Waals surface area contributed by atoms with Crippen molar-refractivity contribution >= 4 is 28.9 Å². The third-order valence-electron chi connectivity index (χ3n) is 3.95. The Labute approximate surface area is 136 Å². The van der Waals surface area contributed by atoms with E-state index in [9.17, 15) is 5.11 Å². The fourth-order valence-electron chi connectivity index (χ4n) is 2.54. The van der Waals surface area contributed by atoms with E-state index in [2.05, 4.69) is 12.2 Å². The van der Waals surface area contributed by atoms with E-state index in [1.54, 1.807) is 12.1 Å². The third-order valence-corrected chi connectivity index (χ3v) is 4.69. The Morgan fingerprint density at radius 2 is 1.95 bits per heavy atom. The summed E-state index contributed by atoms with van der Waals surface area (Å²) in [5.41, 5.74) is 0.843. The summed E-state index contributed by atoms with van der Waals surface area (Å²) in [7, 11) is 0. The minimum Gasteiger partial charge on any atom is -0.389 e. The molecule has 5 heteroatoms. The number of aliphatic hydroxyl groups is 1. The Bertz CT molecular complexity index is 448. The predicted molar refractivity (Wildman–Crippen MR) is 88.3 cm³/mol. The molecule has 0 aromatic heterocycles. The molecule has 0 saturated heterocycles. The molecule has 0 aliphatic heterocycles. The van der Waals surface area contributed by atoms with Crippen LogP contribution in [0.5, 0.6) is 0 Å². The van der Waals surface area contributed by atoms with E-state index in [4.69, 9.17) is 27.9 Å². The second-order valence-corrected chi connectivity index (χ2v) is 6.69. The number of aliphatic hydroxyl groups excluding tert-OH is 1. The van der Waals surface area contributed by atoms with E-state index < -0.39 is 6.10 Å². The molecule has 0 radical (unpaired) electrons. The molecule has 1 fully saturated rings. The molecular weight excluding hydrogens is 309 g/mol. The summed E-state index contributed by atoms with van der Waals surface area (Å²) in [6.45, 7) is 3.08. The fraction of sp³-hybridized carbons (Fsp3) is 0.625. The molecule has 3 nitrogen and oxygen atoms in total. The molecule has 0 spiro atoms. The molecule has 2 rings (SSSR count). The molecule has 1 unspecified atom stereocenters. The van der Waals surface area contributed by atoms with Crippen molar-refractivity contribution in [1.29, 1.82) is 0 Å². The number of hydrogen-bond donors (Lipinski definition) is 2. The van der Waals surface area contributed by atoms with Gasteiger partial charge in [0.2, 0.25) is 0 Å². The molecule has 1 atom stereocenters. The maximum atomic E-state index is 9.97. The highest BCUT2D eigenvalue weighted by molar-refractivity contribution is 6.42. The molecular formula is C16H23Cl2NO2. The summed E-state index contributed by atoms with van der Waals surface area (Å²) >= 11 is 11.8. The average molecular weight is 332 g/mol. The van der Waals surface area contributed by atoms with Gasteiger partial charge in [0, 0.05) is 12.2 Å². The van der Waals surface area contributed by atoms with Gasteiger partial charge >= 0.3 is 0 Å². The minimum atomic E-state index is -0.529. The van der Waals surface area contributed by atoms with Crippen molar-refractivity contribution in [2.24, 2.45) is 5.92 Å². The van der Waals surface area contributed by atoms with E-state index in [0.717, 1.165) is 24.4 Å². The zero-order chi connectivity index (χ0) is 15.2. The predicted octanol–water partition coefficient (Wildman–Crippen LogP) is 4.36. The molecule has 1 aromatic rings.